The summed E-state index contributed by atoms with van der Waals surface area (Å²) in [6, 6.07) is 1.64. The summed E-state index contributed by atoms with van der Waals surface area (Å²) >= 11 is 0. The second-order valence-electron chi connectivity index (χ2n) is 5.88. The average Bonchev–Trinajstić information content (AvgIpc) is 2.90. The lowest BCUT2D eigenvalue weighted by Crippen LogP contribution is -2.34. The number of carboxylic acids is 1. The fraction of sp³-hybridized carbons (Fsp3) is 0.438. The highest BCUT2D eigenvalue weighted by atomic mass is 16.4. The van der Waals surface area contributed by atoms with Crippen LogP contribution in [0.25, 0.3) is 6.08 Å². The van der Waals surface area contributed by atoms with E-state index < -0.39 is 5.97 Å². The van der Waals surface area contributed by atoms with E-state index in [1.165, 1.54) is 31.3 Å². The first-order valence-corrected chi connectivity index (χ1v) is 7.13. The minimum atomic E-state index is -1.03. The highest BCUT2D eigenvalue weighted by Gasteiger charge is 2.28. The van der Waals surface area contributed by atoms with Crippen molar-refractivity contribution < 1.29 is 14.7 Å². The van der Waals surface area contributed by atoms with Gasteiger partial charge in [0.15, 0.2) is 0 Å². The zero-order valence-electron chi connectivity index (χ0n) is 12.1. The molecule has 21 heavy (non-hydrogen) atoms. The van der Waals surface area contributed by atoms with Crippen molar-refractivity contribution in [3.63, 3.8) is 0 Å². The Kier molecular flexibility index (Phi) is 4.73. The molecule has 2 N–H and O–H groups in total. The Labute approximate surface area is 124 Å². The predicted molar refractivity (Wildman–Crippen MR) is 79.8 cm³/mol. The maximum atomic E-state index is 12.1. The first-order chi connectivity index (χ1) is 9.98. The Bertz CT molecular complexity index is 560. The lowest BCUT2D eigenvalue weighted by molar-refractivity contribution is -0.131. The van der Waals surface area contributed by atoms with Gasteiger partial charge in [0.1, 0.15) is 0 Å². The molecule has 1 heterocycles. The third-order valence-corrected chi connectivity index (χ3v) is 3.93. The van der Waals surface area contributed by atoms with E-state index in [0.29, 0.717) is 17.7 Å². The number of aromatic nitrogens is 1. The van der Waals surface area contributed by atoms with E-state index >= 15 is 0 Å². The van der Waals surface area contributed by atoms with E-state index in [0.717, 1.165) is 18.9 Å². The van der Waals surface area contributed by atoms with Crippen LogP contribution < -0.4 is 5.32 Å². The largest absolute Gasteiger partial charge is 0.478 e. The van der Waals surface area contributed by atoms with Crippen LogP contribution >= 0.6 is 0 Å². The van der Waals surface area contributed by atoms with Gasteiger partial charge in [0.2, 0.25) is 0 Å². The summed E-state index contributed by atoms with van der Waals surface area (Å²) in [4.78, 5) is 26.6. The number of carbonyl (C=O) groups is 2. The molecule has 1 amide bonds. The third-order valence-electron chi connectivity index (χ3n) is 3.93. The normalized spacial score (nSPS) is 17.0. The number of amides is 1. The molecule has 0 saturated heterocycles. The maximum absolute atomic E-state index is 12.1. The number of hydrogen-bond acceptors (Lipinski definition) is 3. The average molecular weight is 288 g/mol. The van der Waals surface area contributed by atoms with E-state index in [-0.39, 0.29) is 11.3 Å². The van der Waals surface area contributed by atoms with E-state index in [1.54, 1.807) is 6.07 Å². The second-order valence-corrected chi connectivity index (χ2v) is 5.88. The van der Waals surface area contributed by atoms with Gasteiger partial charge in [-0.2, -0.15) is 0 Å². The lowest BCUT2D eigenvalue weighted by Gasteiger charge is -2.23. The van der Waals surface area contributed by atoms with Gasteiger partial charge in [0.05, 0.1) is 5.56 Å². The molecule has 2 rings (SSSR count). The Morgan fingerprint density at radius 3 is 2.76 bits per heavy atom. The number of hydrogen-bond donors (Lipinski definition) is 2. The summed E-state index contributed by atoms with van der Waals surface area (Å²) < 4.78 is 0. The summed E-state index contributed by atoms with van der Waals surface area (Å²) in [7, 11) is 0. The van der Waals surface area contributed by atoms with Crippen LogP contribution in [0.2, 0.25) is 0 Å². The van der Waals surface area contributed by atoms with E-state index in [2.05, 4.69) is 17.2 Å². The Morgan fingerprint density at radius 1 is 1.38 bits per heavy atom. The van der Waals surface area contributed by atoms with Crippen molar-refractivity contribution in [1.29, 1.82) is 0 Å². The fourth-order valence-corrected chi connectivity index (χ4v) is 2.64. The molecule has 1 fully saturated rings. The number of pyridine rings is 1. The van der Waals surface area contributed by atoms with Crippen LogP contribution in [0.1, 0.15) is 48.5 Å². The molecule has 0 aromatic carbocycles. The monoisotopic (exact) mass is 288 g/mol. The van der Waals surface area contributed by atoms with Crippen LogP contribution in [0.5, 0.6) is 0 Å². The summed E-state index contributed by atoms with van der Waals surface area (Å²) in [5.41, 5.74) is 1.24. The number of aliphatic carboxylic acids is 1. The highest BCUT2D eigenvalue weighted by molar-refractivity contribution is 5.94. The molecular weight excluding hydrogens is 268 g/mol. The lowest BCUT2D eigenvalue weighted by atomic mass is 9.89. The van der Waals surface area contributed by atoms with Crippen LogP contribution in [0.4, 0.5) is 0 Å². The van der Waals surface area contributed by atoms with Crippen LogP contribution in [0.15, 0.2) is 24.5 Å². The molecule has 112 valence electrons. The SMILES string of the molecule is CC1(CNC(=O)c2cncc(C=CC(=O)O)c2)CCCC1. The molecule has 0 spiro atoms. The summed E-state index contributed by atoms with van der Waals surface area (Å²) in [6.45, 7) is 2.87. The molecule has 1 aromatic rings. The molecule has 0 bridgehead atoms. The molecule has 1 aliphatic carbocycles. The van der Waals surface area contributed by atoms with Crippen LogP contribution in [0, 0.1) is 5.41 Å². The first kappa shape index (κ1) is 15.2. The molecule has 1 aliphatic rings. The highest BCUT2D eigenvalue weighted by Crippen LogP contribution is 2.36. The zero-order chi connectivity index (χ0) is 15.3. The van der Waals surface area contributed by atoms with Crippen molar-refractivity contribution in [2.45, 2.75) is 32.6 Å². The van der Waals surface area contributed by atoms with E-state index in [9.17, 15) is 9.59 Å². The van der Waals surface area contributed by atoms with Crippen LogP contribution in [-0.2, 0) is 4.79 Å². The van der Waals surface area contributed by atoms with Gasteiger partial charge in [0, 0.05) is 25.0 Å². The molecule has 1 saturated carbocycles. The molecule has 0 radical (unpaired) electrons. The van der Waals surface area contributed by atoms with Crippen molar-refractivity contribution in [2.24, 2.45) is 5.41 Å². The zero-order valence-corrected chi connectivity index (χ0v) is 12.1. The fourth-order valence-electron chi connectivity index (χ4n) is 2.64. The number of rotatable bonds is 5. The first-order valence-electron chi connectivity index (χ1n) is 7.13. The van der Waals surface area contributed by atoms with Crippen molar-refractivity contribution in [3.8, 4) is 0 Å². The van der Waals surface area contributed by atoms with Crippen molar-refractivity contribution in [2.75, 3.05) is 6.54 Å². The number of nitrogens with one attached hydrogen (secondary N) is 1. The predicted octanol–water partition coefficient (Wildman–Crippen LogP) is 2.49. The van der Waals surface area contributed by atoms with Gasteiger partial charge in [-0.25, -0.2) is 4.79 Å². The standard InChI is InChI=1S/C16H20N2O3/c1-16(6-2-3-7-16)11-18-15(21)13-8-12(9-17-10-13)4-5-14(19)20/h4-5,8-10H,2-3,6-7,11H2,1H3,(H,18,21)(H,19,20). The van der Waals surface area contributed by atoms with Gasteiger partial charge >= 0.3 is 5.97 Å². The van der Waals surface area contributed by atoms with Gasteiger partial charge < -0.3 is 10.4 Å². The van der Waals surface area contributed by atoms with Gasteiger partial charge in [-0.1, -0.05) is 19.8 Å². The topological polar surface area (TPSA) is 79.3 Å². The van der Waals surface area contributed by atoms with Crippen molar-refractivity contribution in [1.82, 2.24) is 10.3 Å². The number of carbonyl (C=O) groups excluding carboxylic acids is 1. The van der Waals surface area contributed by atoms with Gasteiger partial charge in [-0.15, -0.1) is 0 Å². The quantitative estimate of drug-likeness (QED) is 0.816. The molecule has 0 aliphatic heterocycles. The molecular formula is C16H20N2O3. The van der Waals surface area contributed by atoms with Gasteiger partial charge in [0.25, 0.3) is 5.91 Å². The smallest absolute Gasteiger partial charge is 0.328 e. The van der Waals surface area contributed by atoms with Crippen molar-refractivity contribution >= 4 is 18.0 Å². The Hall–Kier alpha value is -2.17. The van der Waals surface area contributed by atoms with Gasteiger partial charge in [-0.3, -0.25) is 9.78 Å². The van der Waals surface area contributed by atoms with Crippen molar-refractivity contribution in [3.05, 3.63) is 35.7 Å². The molecule has 1 aromatic heterocycles. The number of nitrogens with zero attached hydrogens (tertiary/aromatic N) is 1. The second kappa shape index (κ2) is 6.52. The van der Waals surface area contributed by atoms with E-state index in [1.807, 2.05) is 0 Å². The van der Waals surface area contributed by atoms with Crippen LogP contribution in [-0.4, -0.2) is 28.5 Å². The third kappa shape index (κ3) is 4.41. The summed E-state index contributed by atoms with van der Waals surface area (Å²) in [5, 5.41) is 11.6. The minimum absolute atomic E-state index is 0.166. The molecule has 0 atom stereocenters. The molecule has 5 nitrogen and oxygen atoms in total. The van der Waals surface area contributed by atoms with Crippen LogP contribution in [0.3, 0.4) is 0 Å². The minimum Gasteiger partial charge on any atom is -0.478 e. The summed E-state index contributed by atoms with van der Waals surface area (Å²) in [5.74, 6) is -1.19. The Morgan fingerprint density at radius 2 is 2.10 bits per heavy atom. The maximum Gasteiger partial charge on any atom is 0.328 e. The van der Waals surface area contributed by atoms with E-state index in [4.69, 9.17) is 5.11 Å². The molecule has 5 heteroatoms. The number of carboxylic acid groups (broad SMARTS) is 1. The summed E-state index contributed by atoms with van der Waals surface area (Å²) in [6.07, 6.45) is 10.2. The Balaban J connectivity index is 1.99. The molecule has 0 unspecified atom stereocenters. The van der Waals surface area contributed by atoms with Gasteiger partial charge in [-0.05, 0) is 36.0 Å².